The molecule has 1 aromatic rings. The number of anilines is 1. The fourth-order valence-corrected chi connectivity index (χ4v) is 1.90. The van der Waals surface area contributed by atoms with Crippen molar-refractivity contribution in [1.82, 2.24) is 0 Å². The molecule has 0 saturated heterocycles. The summed E-state index contributed by atoms with van der Waals surface area (Å²) in [5.74, 6) is 0.0321. The van der Waals surface area contributed by atoms with Crippen LogP contribution >= 0.6 is 11.6 Å². The van der Waals surface area contributed by atoms with E-state index in [1.807, 2.05) is 32.9 Å². The third-order valence-corrected chi connectivity index (χ3v) is 2.85. The van der Waals surface area contributed by atoms with Gasteiger partial charge in [0.25, 0.3) is 0 Å². The Morgan fingerprint density at radius 2 is 1.90 bits per heavy atom. The Kier molecular flexibility index (Phi) is 6.69. The number of nitrogens with one attached hydrogen (secondary N) is 1. The van der Waals surface area contributed by atoms with Crippen LogP contribution in [0.1, 0.15) is 39.2 Å². The minimum atomic E-state index is -0.518. The topological polar surface area (TPSA) is 55.4 Å². The van der Waals surface area contributed by atoms with E-state index in [9.17, 15) is 9.59 Å². The average Bonchev–Trinajstić information content (AvgIpc) is 2.36. The van der Waals surface area contributed by atoms with Crippen LogP contribution in [0.25, 0.3) is 0 Å². The summed E-state index contributed by atoms with van der Waals surface area (Å²) in [4.78, 5) is 23.6. The van der Waals surface area contributed by atoms with E-state index in [-0.39, 0.29) is 18.3 Å². The molecule has 0 fully saturated rings. The number of halogens is 1. The lowest BCUT2D eigenvalue weighted by atomic mass is 10.1. The van der Waals surface area contributed by atoms with Crippen LogP contribution in [0.5, 0.6) is 0 Å². The number of carbonyl (C=O) groups excluding carboxylic acids is 2. The first kappa shape index (κ1) is 17.5. The zero-order valence-electron chi connectivity index (χ0n) is 12.7. The molecule has 0 unspecified atom stereocenters. The summed E-state index contributed by atoms with van der Waals surface area (Å²) in [5, 5.41) is 2.81. The predicted molar refractivity (Wildman–Crippen MR) is 84.6 cm³/mol. The maximum absolute atomic E-state index is 11.9. The lowest BCUT2D eigenvalue weighted by Gasteiger charge is -2.20. The number of benzene rings is 1. The van der Waals surface area contributed by atoms with E-state index in [4.69, 9.17) is 16.3 Å². The number of ether oxygens (including phenoxy) is 1. The largest absolute Gasteiger partial charge is 0.460 e. The predicted octanol–water partition coefficient (Wildman–Crippen LogP) is 3.53. The number of hydrogen-bond donors (Lipinski definition) is 1. The van der Waals surface area contributed by atoms with E-state index in [0.29, 0.717) is 24.4 Å². The van der Waals surface area contributed by atoms with Crippen LogP contribution in [0.15, 0.2) is 24.3 Å². The second-order valence-electron chi connectivity index (χ2n) is 5.76. The van der Waals surface area contributed by atoms with E-state index >= 15 is 0 Å². The quantitative estimate of drug-likeness (QED) is 0.646. The minimum absolute atomic E-state index is 0.104. The molecule has 1 N–H and O–H groups in total. The zero-order valence-corrected chi connectivity index (χ0v) is 13.5. The van der Waals surface area contributed by atoms with Crippen LogP contribution in [-0.4, -0.2) is 23.4 Å². The van der Waals surface area contributed by atoms with Gasteiger partial charge in [0.05, 0.1) is 6.42 Å². The molecule has 0 saturated carbocycles. The van der Waals surface area contributed by atoms with Gasteiger partial charge < -0.3 is 10.1 Å². The Balaban J connectivity index is 2.71. The average molecular weight is 312 g/mol. The van der Waals surface area contributed by atoms with Crippen LogP contribution in [0.4, 0.5) is 5.69 Å². The van der Waals surface area contributed by atoms with Crippen molar-refractivity contribution in [2.45, 2.75) is 45.6 Å². The van der Waals surface area contributed by atoms with E-state index in [1.165, 1.54) is 0 Å². The Morgan fingerprint density at radius 1 is 1.24 bits per heavy atom. The Labute approximate surface area is 130 Å². The lowest BCUT2D eigenvalue weighted by Crippen LogP contribution is -2.25. The Hall–Kier alpha value is -1.55. The SMILES string of the molecule is CC(C)(C)OC(=O)Cc1ccccc1NC(=O)CCCCl. The first-order valence-corrected chi connectivity index (χ1v) is 7.51. The normalized spacial score (nSPS) is 11.0. The van der Waals surface area contributed by atoms with Crippen molar-refractivity contribution in [1.29, 1.82) is 0 Å². The van der Waals surface area contributed by atoms with Gasteiger partial charge in [-0.3, -0.25) is 9.59 Å². The molecule has 5 heteroatoms. The van der Waals surface area contributed by atoms with Crippen LogP contribution in [0.2, 0.25) is 0 Å². The maximum atomic E-state index is 11.9. The minimum Gasteiger partial charge on any atom is -0.460 e. The summed E-state index contributed by atoms with van der Waals surface area (Å²) >= 11 is 5.57. The third kappa shape index (κ3) is 7.14. The number of amides is 1. The monoisotopic (exact) mass is 311 g/mol. The van der Waals surface area contributed by atoms with Gasteiger partial charge in [0.1, 0.15) is 5.60 Å². The molecule has 0 radical (unpaired) electrons. The molecule has 4 nitrogen and oxygen atoms in total. The van der Waals surface area contributed by atoms with Crippen LogP contribution in [0, 0.1) is 0 Å². The summed E-state index contributed by atoms with van der Waals surface area (Å²) in [6, 6.07) is 7.23. The summed E-state index contributed by atoms with van der Waals surface area (Å²) < 4.78 is 5.30. The number of rotatable bonds is 6. The molecule has 0 heterocycles. The lowest BCUT2D eigenvalue weighted by molar-refractivity contribution is -0.153. The molecule has 1 rings (SSSR count). The Morgan fingerprint density at radius 3 is 2.52 bits per heavy atom. The van der Waals surface area contributed by atoms with Gasteiger partial charge in [0.2, 0.25) is 5.91 Å². The van der Waals surface area contributed by atoms with Crippen molar-refractivity contribution in [3.05, 3.63) is 29.8 Å². The molecule has 0 bridgehead atoms. The number of carbonyl (C=O) groups is 2. The number of esters is 1. The van der Waals surface area contributed by atoms with Gasteiger partial charge in [-0.25, -0.2) is 0 Å². The highest BCUT2D eigenvalue weighted by molar-refractivity contribution is 6.18. The summed E-state index contributed by atoms with van der Waals surface area (Å²) in [6.07, 6.45) is 1.12. The molecule has 21 heavy (non-hydrogen) atoms. The molecule has 116 valence electrons. The second-order valence-corrected chi connectivity index (χ2v) is 6.14. The maximum Gasteiger partial charge on any atom is 0.310 e. The van der Waals surface area contributed by atoms with Gasteiger partial charge in [0, 0.05) is 18.0 Å². The van der Waals surface area contributed by atoms with Gasteiger partial charge in [-0.15, -0.1) is 11.6 Å². The van der Waals surface area contributed by atoms with E-state index in [2.05, 4.69) is 5.32 Å². The van der Waals surface area contributed by atoms with E-state index in [0.717, 1.165) is 5.56 Å². The molecular formula is C16H22ClNO3. The molecule has 1 aromatic carbocycles. The third-order valence-electron chi connectivity index (χ3n) is 2.58. The summed E-state index contributed by atoms with van der Waals surface area (Å²) in [5.41, 5.74) is 0.865. The molecule has 0 aromatic heterocycles. The van der Waals surface area contributed by atoms with Gasteiger partial charge in [-0.05, 0) is 38.8 Å². The second kappa shape index (κ2) is 8.03. The molecule has 0 atom stereocenters. The van der Waals surface area contributed by atoms with Gasteiger partial charge >= 0.3 is 5.97 Å². The highest BCUT2D eigenvalue weighted by Crippen LogP contribution is 2.18. The summed E-state index contributed by atoms with van der Waals surface area (Å²) in [6.45, 7) is 5.47. The van der Waals surface area contributed by atoms with Crippen molar-refractivity contribution in [2.75, 3.05) is 11.2 Å². The van der Waals surface area contributed by atoms with Gasteiger partial charge in [-0.1, -0.05) is 18.2 Å². The highest BCUT2D eigenvalue weighted by atomic mass is 35.5. The number of alkyl halides is 1. The summed E-state index contributed by atoms with van der Waals surface area (Å²) in [7, 11) is 0. The molecule has 1 amide bonds. The van der Waals surface area contributed by atoms with E-state index in [1.54, 1.807) is 12.1 Å². The van der Waals surface area contributed by atoms with Gasteiger partial charge in [0.15, 0.2) is 0 Å². The molecule has 0 aliphatic carbocycles. The zero-order chi connectivity index (χ0) is 15.9. The highest BCUT2D eigenvalue weighted by Gasteiger charge is 2.18. The first-order valence-electron chi connectivity index (χ1n) is 6.97. The number of hydrogen-bond acceptors (Lipinski definition) is 3. The van der Waals surface area contributed by atoms with Crippen molar-refractivity contribution in [3.63, 3.8) is 0 Å². The van der Waals surface area contributed by atoms with Crippen LogP contribution in [-0.2, 0) is 20.7 Å². The first-order chi connectivity index (χ1) is 9.81. The van der Waals surface area contributed by atoms with Crippen LogP contribution < -0.4 is 5.32 Å². The van der Waals surface area contributed by atoms with E-state index < -0.39 is 5.60 Å². The Bertz CT molecular complexity index is 495. The van der Waals surface area contributed by atoms with Crippen molar-refractivity contribution >= 4 is 29.2 Å². The molecule has 0 aliphatic heterocycles. The molecule has 0 spiro atoms. The number of para-hydroxylation sites is 1. The van der Waals surface area contributed by atoms with Crippen molar-refractivity contribution in [3.8, 4) is 0 Å². The fourth-order valence-electron chi connectivity index (χ4n) is 1.77. The standard InChI is InChI=1S/C16H22ClNO3/c1-16(2,3)21-15(20)11-12-7-4-5-8-13(12)18-14(19)9-6-10-17/h4-5,7-8H,6,9-11H2,1-3H3,(H,18,19). The molecule has 0 aliphatic rings. The van der Waals surface area contributed by atoms with Crippen LogP contribution in [0.3, 0.4) is 0 Å². The van der Waals surface area contributed by atoms with Crippen molar-refractivity contribution < 1.29 is 14.3 Å². The van der Waals surface area contributed by atoms with Gasteiger partial charge in [-0.2, -0.15) is 0 Å². The smallest absolute Gasteiger partial charge is 0.310 e. The van der Waals surface area contributed by atoms with Crippen molar-refractivity contribution in [2.24, 2.45) is 0 Å². The molecular weight excluding hydrogens is 290 g/mol. The fraction of sp³-hybridized carbons (Fsp3) is 0.500.